The average Bonchev–Trinajstić information content (AvgIpc) is 3.42. The van der Waals surface area contributed by atoms with Gasteiger partial charge in [-0.15, -0.1) is 12.4 Å². The maximum Gasteiger partial charge on any atom is 0.341 e. The van der Waals surface area contributed by atoms with Crippen molar-refractivity contribution in [3.63, 3.8) is 0 Å². The summed E-state index contributed by atoms with van der Waals surface area (Å²) < 4.78 is 31.9. The second-order valence-electron chi connectivity index (χ2n) is 7.96. The van der Waals surface area contributed by atoms with Crippen LogP contribution in [0.25, 0.3) is 10.9 Å². The average molecular weight is 457 g/mol. The molecule has 2 heterocycles. The number of aromatic carboxylic acids is 1. The lowest BCUT2D eigenvalue weighted by Crippen LogP contribution is -2.45. The summed E-state index contributed by atoms with van der Waals surface area (Å²) in [5.41, 5.74) is 3.75. The molecule has 1 saturated carbocycles. The SMILES string of the molecule is C[C@H](N)C(=O)N[C@H]1CCN(c2c(F)cc3c(=O)c(C(=O)O)cn(C4CC4)c3c2F)C1.Cl. The molecule has 31 heavy (non-hydrogen) atoms. The van der Waals surface area contributed by atoms with Gasteiger partial charge in [0.15, 0.2) is 5.82 Å². The molecule has 8 nitrogen and oxygen atoms in total. The lowest BCUT2D eigenvalue weighted by atomic mass is 10.1. The van der Waals surface area contributed by atoms with Crippen molar-refractivity contribution in [3.05, 3.63) is 39.7 Å². The van der Waals surface area contributed by atoms with E-state index in [1.807, 2.05) is 0 Å². The molecule has 168 valence electrons. The molecule has 1 saturated heterocycles. The predicted octanol–water partition coefficient (Wildman–Crippen LogP) is 1.78. The lowest BCUT2D eigenvalue weighted by Gasteiger charge is -2.23. The molecule has 0 radical (unpaired) electrons. The number of carbonyl (C=O) groups is 2. The van der Waals surface area contributed by atoms with Crippen molar-refractivity contribution >= 4 is 40.9 Å². The molecule has 0 bridgehead atoms. The first-order chi connectivity index (χ1) is 14.2. The Kier molecular flexibility index (Phi) is 6.24. The zero-order valence-corrected chi connectivity index (χ0v) is 17.5. The Balaban J connectivity index is 0.00000272. The van der Waals surface area contributed by atoms with E-state index in [1.54, 1.807) is 6.92 Å². The number of nitrogens with zero attached hydrogens (tertiary/aromatic N) is 2. The summed E-state index contributed by atoms with van der Waals surface area (Å²) in [7, 11) is 0. The quantitative estimate of drug-likeness (QED) is 0.631. The van der Waals surface area contributed by atoms with E-state index in [0.717, 1.165) is 25.1 Å². The fraction of sp³-hybridized carbons (Fsp3) is 0.450. The maximum atomic E-state index is 15.6. The van der Waals surface area contributed by atoms with Gasteiger partial charge in [0.1, 0.15) is 17.1 Å². The van der Waals surface area contributed by atoms with Crippen LogP contribution in [0.3, 0.4) is 0 Å². The van der Waals surface area contributed by atoms with Gasteiger partial charge in [-0.1, -0.05) is 0 Å². The molecule has 1 amide bonds. The Hall–Kier alpha value is -2.72. The van der Waals surface area contributed by atoms with Crippen molar-refractivity contribution in [1.29, 1.82) is 0 Å². The molecule has 0 unspecified atom stereocenters. The van der Waals surface area contributed by atoms with Crippen LogP contribution >= 0.6 is 12.4 Å². The zero-order valence-electron chi connectivity index (χ0n) is 16.7. The molecule has 4 rings (SSSR count). The van der Waals surface area contributed by atoms with Crippen LogP contribution in [-0.2, 0) is 4.79 Å². The number of halogens is 3. The Morgan fingerprint density at radius 1 is 1.29 bits per heavy atom. The highest BCUT2D eigenvalue weighted by molar-refractivity contribution is 5.94. The number of hydrogen-bond donors (Lipinski definition) is 3. The summed E-state index contributed by atoms with van der Waals surface area (Å²) in [4.78, 5) is 37.3. The lowest BCUT2D eigenvalue weighted by molar-refractivity contribution is -0.122. The van der Waals surface area contributed by atoms with Gasteiger partial charge >= 0.3 is 5.97 Å². The van der Waals surface area contributed by atoms with Gasteiger partial charge < -0.3 is 25.6 Å². The highest BCUT2D eigenvalue weighted by atomic mass is 35.5. The number of carboxylic acids is 1. The molecule has 1 aromatic carbocycles. The third-order valence-electron chi connectivity index (χ3n) is 5.62. The van der Waals surface area contributed by atoms with Crippen LogP contribution in [0.15, 0.2) is 17.1 Å². The van der Waals surface area contributed by atoms with Gasteiger partial charge in [-0.05, 0) is 32.3 Å². The summed E-state index contributed by atoms with van der Waals surface area (Å²) in [5.74, 6) is -3.62. The van der Waals surface area contributed by atoms with E-state index in [1.165, 1.54) is 9.47 Å². The minimum atomic E-state index is -1.44. The van der Waals surface area contributed by atoms with Gasteiger partial charge in [-0.2, -0.15) is 0 Å². The molecule has 1 aliphatic heterocycles. The van der Waals surface area contributed by atoms with E-state index in [0.29, 0.717) is 13.0 Å². The van der Waals surface area contributed by atoms with Crippen LogP contribution < -0.4 is 21.4 Å². The number of anilines is 1. The van der Waals surface area contributed by atoms with Crippen LogP contribution in [0.2, 0.25) is 0 Å². The number of carboxylic acid groups (broad SMARTS) is 1. The number of benzene rings is 1. The number of pyridine rings is 1. The van der Waals surface area contributed by atoms with Crippen LogP contribution in [0.4, 0.5) is 14.5 Å². The molecule has 1 aliphatic carbocycles. The second-order valence-corrected chi connectivity index (χ2v) is 7.96. The molecule has 2 aromatic rings. The standard InChI is InChI=1S/C20H22F2N4O4.ClH/c1-9(23)19(28)24-10-4-5-25(7-10)17-14(21)6-12-16(15(17)22)26(11-2-3-11)8-13(18(12)27)20(29)30;/h6,8-11H,2-5,7,23H2,1H3,(H,24,28)(H,29,30);1H/t9-,10-;/m0./s1. The minimum absolute atomic E-state index is 0. The van der Waals surface area contributed by atoms with E-state index < -0.39 is 34.6 Å². The van der Waals surface area contributed by atoms with E-state index in [-0.39, 0.29) is 53.5 Å². The van der Waals surface area contributed by atoms with Gasteiger partial charge in [0.25, 0.3) is 0 Å². The van der Waals surface area contributed by atoms with E-state index in [9.17, 15) is 23.9 Å². The second kappa shape index (κ2) is 8.43. The molecule has 2 fully saturated rings. The third kappa shape index (κ3) is 4.09. The summed E-state index contributed by atoms with van der Waals surface area (Å²) in [6.07, 6.45) is 3.07. The number of fused-ring (bicyclic) bond motifs is 1. The van der Waals surface area contributed by atoms with E-state index in [2.05, 4.69) is 5.32 Å². The van der Waals surface area contributed by atoms with Crippen molar-refractivity contribution in [1.82, 2.24) is 9.88 Å². The molecule has 2 atom stereocenters. The fourth-order valence-electron chi connectivity index (χ4n) is 3.93. The smallest absolute Gasteiger partial charge is 0.341 e. The minimum Gasteiger partial charge on any atom is -0.477 e. The largest absolute Gasteiger partial charge is 0.477 e. The van der Waals surface area contributed by atoms with Crippen molar-refractivity contribution in [2.45, 2.75) is 44.3 Å². The number of amides is 1. The maximum absolute atomic E-state index is 15.6. The van der Waals surface area contributed by atoms with Crippen molar-refractivity contribution in [2.75, 3.05) is 18.0 Å². The van der Waals surface area contributed by atoms with Crippen molar-refractivity contribution < 1.29 is 23.5 Å². The van der Waals surface area contributed by atoms with Crippen LogP contribution in [0, 0.1) is 11.6 Å². The molecule has 0 spiro atoms. The summed E-state index contributed by atoms with van der Waals surface area (Å²) in [6, 6.07) is -0.215. The number of aromatic nitrogens is 1. The summed E-state index contributed by atoms with van der Waals surface area (Å²) in [5, 5.41) is 11.8. The highest BCUT2D eigenvalue weighted by Gasteiger charge is 2.33. The number of carbonyl (C=O) groups excluding carboxylic acids is 1. The first-order valence-corrected chi connectivity index (χ1v) is 9.80. The van der Waals surface area contributed by atoms with Crippen molar-refractivity contribution in [2.24, 2.45) is 5.73 Å². The summed E-state index contributed by atoms with van der Waals surface area (Å²) in [6.45, 7) is 2.05. The van der Waals surface area contributed by atoms with Gasteiger partial charge in [0.2, 0.25) is 11.3 Å². The Morgan fingerprint density at radius 3 is 2.55 bits per heavy atom. The highest BCUT2D eigenvalue weighted by Crippen LogP contribution is 2.40. The summed E-state index contributed by atoms with van der Waals surface area (Å²) >= 11 is 0. The van der Waals surface area contributed by atoms with Gasteiger partial charge in [-0.25, -0.2) is 13.6 Å². The number of hydrogen-bond acceptors (Lipinski definition) is 5. The Morgan fingerprint density at radius 2 is 1.97 bits per heavy atom. The van der Waals surface area contributed by atoms with Crippen LogP contribution in [0.5, 0.6) is 0 Å². The number of nitrogens with one attached hydrogen (secondary N) is 1. The molecule has 11 heteroatoms. The third-order valence-corrected chi connectivity index (χ3v) is 5.62. The van der Waals surface area contributed by atoms with Gasteiger partial charge in [0, 0.05) is 31.4 Å². The Labute approximate surface area is 182 Å². The fourth-order valence-corrected chi connectivity index (χ4v) is 3.93. The van der Waals surface area contributed by atoms with Crippen molar-refractivity contribution in [3.8, 4) is 0 Å². The van der Waals surface area contributed by atoms with Gasteiger partial charge in [-0.3, -0.25) is 9.59 Å². The van der Waals surface area contributed by atoms with Crippen LogP contribution in [0.1, 0.15) is 42.6 Å². The molecule has 2 aliphatic rings. The molecule has 1 aromatic heterocycles. The zero-order chi connectivity index (χ0) is 21.7. The number of rotatable bonds is 5. The topological polar surface area (TPSA) is 118 Å². The van der Waals surface area contributed by atoms with E-state index in [4.69, 9.17) is 5.73 Å². The first kappa shape index (κ1) is 23.0. The van der Waals surface area contributed by atoms with Gasteiger partial charge in [0.05, 0.1) is 16.9 Å². The predicted molar refractivity (Wildman–Crippen MR) is 113 cm³/mol. The molecular weight excluding hydrogens is 434 g/mol. The number of nitrogens with two attached hydrogens (primary N) is 1. The first-order valence-electron chi connectivity index (χ1n) is 9.80. The van der Waals surface area contributed by atoms with Crippen LogP contribution in [-0.4, -0.2) is 46.7 Å². The molecule has 4 N–H and O–H groups in total. The van der Waals surface area contributed by atoms with E-state index >= 15 is 4.39 Å². The monoisotopic (exact) mass is 456 g/mol. The normalized spacial score (nSPS) is 19.2. The Bertz CT molecular complexity index is 1120. The molecular formula is C20H23ClF2N4O4.